The van der Waals surface area contributed by atoms with Crippen molar-refractivity contribution in [1.29, 1.82) is 0 Å². The maximum absolute atomic E-state index is 13.2. The molecule has 1 aromatic heterocycles. The molecule has 0 saturated carbocycles. The molecule has 4 nitrogen and oxygen atoms in total. The van der Waals surface area contributed by atoms with E-state index in [4.69, 9.17) is 4.74 Å². The van der Waals surface area contributed by atoms with Gasteiger partial charge in [0, 0.05) is 41.3 Å². The van der Waals surface area contributed by atoms with Crippen LogP contribution in [-0.2, 0) is 18.4 Å². The molecule has 1 aliphatic heterocycles. The van der Waals surface area contributed by atoms with Crippen molar-refractivity contribution in [3.8, 4) is 11.5 Å². The van der Waals surface area contributed by atoms with Gasteiger partial charge < -0.3 is 14.6 Å². The molecule has 0 spiro atoms. The van der Waals surface area contributed by atoms with Gasteiger partial charge in [0.2, 0.25) is 5.91 Å². The Kier molecular flexibility index (Phi) is 4.13. The first kappa shape index (κ1) is 17.6. The Morgan fingerprint density at radius 3 is 2.31 bits per heavy atom. The lowest BCUT2D eigenvalue weighted by molar-refractivity contribution is -0.122. The van der Waals surface area contributed by atoms with Gasteiger partial charge in [-0.15, -0.1) is 0 Å². The molecule has 2 heterocycles. The van der Waals surface area contributed by atoms with Gasteiger partial charge in [0.05, 0.1) is 5.92 Å². The average molecular weight is 382 g/mol. The van der Waals surface area contributed by atoms with Crippen LogP contribution >= 0.6 is 0 Å². The minimum atomic E-state index is -0.376. The number of para-hydroxylation sites is 2. The van der Waals surface area contributed by atoms with E-state index in [0.29, 0.717) is 6.54 Å². The second-order valence-electron chi connectivity index (χ2n) is 7.57. The summed E-state index contributed by atoms with van der Waals surface area (Å²) in [6, 6.07) is 24.0. The first-order chi connectivity index (χ1) is 14.1. The number of hydrogen-bond donors (Lipinski definition) is 1. The maximum atomic E-state index is 13.2. The minimum absolute atomic E-state index is 0.0162. The van der Waals surface area contributed by atoms with Gasteiger partial charge in [-0.2, -0.15) is 0 Å². The lowest BCUT2D eigenvalue weighted by Crippen LogP contribution is -2.31. The topological polar surface area (TPSA) is 43.3 Å². The highest BCUT2D eigenvalue weighted by atomic mass is 16.5. The number of aryl methyl sites for hydroxylation is 2. The average Bonchev–Trinajstić information content (AvgIpc) is 3.03. The first-order valence-electron chi connectivity index (χ1n) is 9.80. The smallest absolute Gasteiger partial charge is 0.232 e. The molecular formula is C25H22N2O2. The van der Waals surface area contributed by atoms with Crippen LogP contribution in [-0.4, -0.2) is 10.5 Å². The molecule has 1 amide bonds. The summed E-state index contributed by atoms with van der Waals surface area (Å²) in [4.78, 5) is 13.2. The SMILES string of the molecule is Cc1cc2cc(CNC(=O)C3c4ccccc4Oc4ccccc43)ccc2n1C. The van der Waals surface area contributed by atoms with Crippen molar-refractivity contribution in [1.82, 2.24) is 9.88 Å². The number of rotatable bonds is 3. The molecule has 0 aliphatic carbocycles. The third kappa shape index (κ3) is 2.97. The fraction of sp³-hybridized carbons (Fsp3) is 0.160. The highest BCUT2D eigenvalue weighted by Gasteiger charge is 2.32. The van der Waals surface area contributed by atoms with Crippen molar-refractivity contribution in [2.45, 2.75) is 19.4 Å². The molecule has 0 fully saturated rings. The summed E-state index contributed by atoms with van der Waals surface area (Å²) in [7, 11) is 2.07. The van der Waals surface area contributed by atoms with Gasteiger partial charge in [0.25, 0.3) is 0 Å². The number of hydrogen-bond acceptors (Lipinski definition) is 2. The minimum Gasteiger partial charge on any atom is -0.457 e. The fourth-order valence-electron chi connectivity index (χ4n) is 4.13. The molecule has 144 valence electrons. The van der Waals surface area contributed by atoms with Crippen LogP contribution in [0.15, 0.2) is 72.8 Å². The van der Waals surface area contributed by atoms with Crippen molar-refractivity contribution in [2.75, 3.05) is 0 Å². The van der Waals surface area contributed by atoms with Gasteiger partial charge in [0.15, 0.2) is 0 Å². The molecule has 5 rings (SSSR count). The number of nitrogens with zero attached hydrogens (tertiary/aromatic N) is 1. The Balaban J connectivity index is 1.43. The van der Waals surface area contributed by atoms with Crippen molar-refractivity contribution < 1.29 is 9.53 Å². The van der Waals surface area contributed by atoms with Crippen LogP contribution < -0.4 is 10.1 Å². The molecule has 29 heavy (non-hydrogen) atoms. The van der Waals surface area contributed by atoms with E-state index in [1.165, 1.54) is 16.6 Å². The van der Waals surface area contributed by atoms with Gasteiger partial charge in [-0.3, -0.25) is 4.79 Å². The number of carbonyl (C=O) groups is 1. The highest BCUT2D eigenvalue weighted by molar-refractivity contribution is 5.90. The standard InChI is InChI=1S/C25H22N2O2/c1-16-13-18-14-17(11-12-21(18)27(16)2)15-26-25(28)24-19-7-3-5-9-22(19)29-23-10-6-4-8-20(23)24/h3-14,24H,15H2,1-2H3,(H,26,28). The summed E-state index contributed by atoms with van der Waals surface area (Å²) in [5.74, 6) is 1.09. The number of nitrogens with one attached hydrogen (secondary N) is 1. The van der Waals surface area contributed by atoms with Crippen LogP contribution in [0.1, 0.15) is 28.3 Å². The van der Waals surface area contributed by atoms with Gasteiger partial charge in [-0.25, -0.2) is 0 Å². The maximum Gasteiger partial charge on any atom is 0.232 e. The lowest BCUT2D eigenvalue weighted by atomic mass is 9.87. The summed E-state index contributed by atoms with van der Waals surface area (Å²) in [5.41, 5.74) is 5.31. The number of benzene rings is 3. The second-order valence-corrected chi connectivity index (χ2v) is 7.57. The fourth-order valence-corrected chi connectivity index (χ4v) is 4.13. The Hall–Kier alpha value is -3.53. The summed E-state index contributed by atoms with van der Waals surface area (Å²) in [6.07, 6.45) is 0. The van der Waals surface area contributed by atoms with Crippen molar-refractivity contribution >= 4 is 16.8 Å². The van der Waals surface area contributed by atoms with E-state index in [0.717, 1.165) is 28.2 Å². The van der Waals surface area contributed by atoms with E-state index in [9.17, 15) is 4.79 Å². The molecule has 0 bridgehead atoms. The van der Waals surface area contributed by atoms with Crippen LogP contribution in [0.25, 0.3) is 10.9 Å². The second kappa shape index (κ2) is 6.82. The molecule has 0 unspecified atom stereocenters. The van der Waals surface area contributed by atoms with Crippen molar-refractivity contribution in [2.24, 2.45) is 7.05 Å². The molecule has 0 atom stereocenters. The summed E-state index contributed by atoms with van der Waals surface area (Å²) in [5, 5.41) is 4.33. The molecule has 4 aromatic rings. The zero-order chi connectivity index (χ0) is 20.0. The quantitative estimate of drug-likeness (QED) is 0.539. The number of carbonyl (C=O) groups excluding carboxylic acids is 1. The predicted octanol–water partition coefficient (Wildman–Crippen LogP) is 5.04. The van der Waals surface area contributed by atoms with E-state index >= 15 is 0 Å². The normalized spacial score (nSPS) is 12.9. The van der Waals surface area contributed by atoms with Crippen LogP contribution in [0.4, 0.5) is 0 Å². The number of fused-ring (bicyclic) bond motifs is 3. The largest absolute Gasteiger partial charge is 0.457 e. The third-order valence-corrected chi connectivity index (χ3v) is 5.76. The molecule has 4 heteroatoms. The van der Waals surface area contributed by atoms with E-state index in [1.807, 2.05) is 48.5 Å². The van der Waals surface area contributed by atoms with Crippen LogP contribution in [0.5, 0.6) is 11.5 Å². The molecule has 0 saturated heterocycles. The zero-order valence-electron chi connectivity index (χ0n) is 16.5. The van der Waals surface area contributed by atoms with E-state index in [1.54, 1.807) is 0 Å². The van der Waals surface area contributed by atoms with Crippen LogP contribution in [0.2, 0.25) is 0 Å². The third-order valence-electron chi connectivity index (χ3n) is 5.76. The molecule has 3 aromatic carbocycles. The molecular weight excluding hydrogens is 360 g/mol. The number of ether oxygens (including phenoxy) is 1. The van der Waals surface area contributed by atoms with Crippen LogP contribution in [0.3, 0.4) is 0 Å². The van der Waals surface area contributed by atoms with Crippen LogP contribution in [0, 0.1) is 6.92 Å². The van der Waals surface area contributed by atoms with Crippen molar-refractivity contribution in [3.63, 3.8) is 0 Å². The predicted molar refractivity (Wildman–Crippen MR) is 114 cm³/mol. The monoisotopic (exact) mass is 382 g/mol. The Bertz CT molecular complexity index is 1190. The van der Waals surface area contributed by atoms with Crippen molar-refractivity contribution in [3.05, 3.63) is 95.2 Å². The first-order valence-corrected chi connectivity index (χ1v) is 9.80. The Labute approximate surface area is 169 Å². The van der Waals surface area contributed by atoms with E-state index < -0.39 is 0 Å². The molecule has 0 radical (unpaired) electrons. The number of amides is 1. The summed E-state index contributed by atoms with van der Waals surface area (Å²) >= 11 is 0. The van der Waals surface area contributed by atoms with E-state index in [2.05, 4.69) is 48.1 Å². The van der Waals surface area contributed by atoms with Gasteiger partial charge in [-0.1, -0.05) is 42.5 Å². The summed E-state index contributed by atoms with van der Waals surface area (Å²) in [6.45, 7) is 2.59. The Morgan fingerprint density at radius 2 is 1.62 bits per heavy atom. The number of aromatic nitrogens is 1. The van der Waals surface area contributed by atoms with Gasteiger partial charge in [0.1, 0.15) is 11.5 Å². The highest BCUT2D eigenvalue weighted by Crippen LogP contribution is 2.43. The van der Waals surface area contributed by atoms with Gasteiger partial charge in [-0.05, 0) is 42.8 Å². The molecule has 1 aliphatic rings. The lowest BCUT2D eigenvalue weighted by Gasteiger charge is -2.27. The molecule has 1 N–H and O–H groups in total. The Morgan fingerprint density at radius 1 is 0.966 bits per heavy atom. The van der Waals surface area contributed by atoms with Gasteiger partial charge >= 0.3 is 0 Å². The summed E-state index contributed by atoms with van der Waals surface area (Å²) < 4.78 is 8.17. The van der Waals surface area contributed by atoms with E-state index in [-0.39, 0.29) is 11.8 Å². The zero-order valence-corrected chi connectivity index (χ0v) is 16.5.